The zero-order valence-corrected chi connectivity index (χ0v) is 33.0. The predicted molar refractivity (Wildman–Crippen MR) is 220 cm³/mol. The van der Waals surface area contributed by atoms with E-state index in [-0.39, 0.29) is 29.8 Å². The average Bonchev–Trinajstić information content (AvgIpc) is 3.88. The second-order valence-electron chi connectivity index (χ2n) is 16.0. The van der Waals surface area contributed by atoms with E-state index in [0.29, 0.717) is 27.5 Å². The second-order valence-corrected chi connectivity index (χ2v) is 17.4. The number of carboxylic acids is 1. The van der Waals surface area contributed by atoms with E-state index in [4.69, 9.17) is 16.7 Å². The highest BCUT2D eigenvalue weighted by Crippen LogP contribution is 2.65. The molecule has 4 aliphatic rings. The fraction of sp³-hybridized carbons (Fsp3) is 0.244. The van der Waals surface area contributed by atoms with Crippen LogP contribution in [0.4, 0.5) is 11.5 Å². The Morgan fingerprint density at radius 2 is 1.69 bits per heavy atom. The number of aromatic nitrogens is 2. The highest BCUT2D eigenvalue weighted by molar-refractivity contribution is 7.22. The summed E-state index contributed by atoms with van der Waals surface area (Å²) in [6, 6.07) is 24.2. The number of anilines is 2. The first kappa shape index (κ1) is 36.2. The van der Waals surface area contributed by atoms with Gasteiger partial charge in [-0.25, -0.2) is 9.69 Å². The Hall–Kier alpha value is -6.11. The molecule has 1 saturated carbocycles. The lowest BCUT2D eigenvalue weighted by Gasteiger charge is -2.49. The molecule has 13 heteroatoms. The van der Waals surface area contributed by atoms with Crippen LogP contribution in [0.5, 0.6) is 5.75 Å². The third-order valence-corrected chi connectivity index (χ3v) is 14.6. The molecule has 4 heterocycles. The van der Waals surface area contributed by atoms with Crippen molar-refractivity contribution < 1.29 is 34.2 Å². The van der Waals surface area contributed by atoms with Gasteiger partial charge in [-0.1, -0.05) is 65.7 Å². The molecule has 6 atom stereocenters. The molecule has 2 N–H and O–H groups in total. The normalized spacial score (nSPS) is 25.4. The Labute approximate surface area is 340 Å². The van der Waals surface area contributed by atoms with Crippen LogP contribution in [-0.2, 0) is 26.2 Å². The van der Waals surface area contributed by atoms with Gasteiger partial charge in [-0.2, -0.15) is 5.10 Å². The van der Waals surface area contributed by atoms with Crippen LogP contribution in [0.3, 0.4) is 0 Å². The van der Waals surface area contributed by atoms with Crippen LogP contribution in [0.25, 0.3) is 31.4 Å². The van der Waals surface area contributed by atoms with E-state index in [1.165, 1.54) is 33.8 Å². The van der Waals surface area contributed by atoms with Crippen molar-refractivity contribution in [3.63, 3.8) is 0 Å². The number of aromatic carboxylic acids is 1. The molecule has 290 valence electrons. The standard InChI is InChI=1S/C45H35ClN4O7S/c1-21-30-18-24(46)12-16-34(30)58-39(21)33-20-35(48(3)47-33)50-41(53)32-19-31-27(37(45(32,2)44(50)57)29-13-11-22-7-4-5-10-26(22)38(29)51)14-15-28-36(31)42(54)49(40(28)52)25-9-6-8-23(17-25)43(55)56/h4-14,16-18,20,28,31-32,36-37,51H,15,19H2,1-3H3,(H,55,56). The number of nitrogens with zero attached hydrogens (tertiary/aromatic N) is 4. The molecule has 0 spiro atoms. The molecular formula is C45H35ClN4O7S. The topological polar surface area (TPSA) is 150 Å². The molecule has 0 radical (unpaired) electrons. The lowest BCUT2D eigenvalue weighted by atomic mass is 9.51. The molecule has 6 aromatic rings. The van der Waals surface area contributed by atoms with Gasteiger partial charge in [-0.3, -0.25) is 28.8 Å². The highest BCUT2D eigenvalue weighted by Gasteiger charge is 2.68. The first-order valence-electron chi connectivity index (χ1n) is 19.0. The molecule has 4 amide bonds. The largest absolute Gasteiger partial charge is 0.507 e. The maximum Gasteiger partial charge on any atom is 0.335 e. The van der Waals surface area contributed by atoms with Crippen molar-refractivity contribution in [2.75, 3.05) is 9.80 Å². The Bertz CT molecular complexity index is 2900. The number of aryl methyl sites for hydroxylation is 2. The second kappa shape index (κ2) is 12.7. The number of halogens is 1. The first-order valence-corrected chi connectivity index (χ1v) is 20.2. The van der Waals surface area contributed by atoms with Crippen LogP contribution >= 0.6 is 22.9 Å². The van der Waals surface area contributed by atoms with E-state index >= 15 is 9.59 Å². The summed E-state index contributed by atoms with van der Waals surface area (Å²) in [4.78, 5) is 74.0. The van der Waals surface area contributed by atoms with Gasteiger partial charge in [0.25, 0.3) is 0 Å². The van der Waals surface area contributed by atoms with Gasteiger partial charge in [-0.15, -0.1) is 11.3 Å². The van der Waals surface area contributed by atoms with Gasteiger partial charge in [0.1, 0.15) is 17.3 Å². The molecule has 58 heavy (non-hydrogen) atoms. The van der Waals surface area contributed by atoms with E-state index in [2.05, 4.69) is 0 Å². The molecule has 6 unspecified atom stereocenters. The van der Waals surface area contributed by atoms with Gasteiger partial charge >= 0.3 is 5.97 Å². The van der Waals surface area contributed by atoms with Gasteiger partial charge in [0.15, 0.2) is 0 Å². The van der Waals surface area contributed by atoms with Crippen molar-refractivity contribution in [1.82, 2.24) is 9.78 Å². The molecule has 11 nitrogen and oxygen atoms in total. The zero-order valence-electron chi connectivity index (χ0n) is 31.5. The quantitative estimate of drug-likeness (QED) is 0.131. The third kappa shape index (κ3) is 4.91. The first-order chi connectivity index (χ1) is 27.8. The van der Waals surface area contributed by atoms with E-state index in [1.54, 1.807) is 43.5 Å². The smallest absolute Gasteiger partial charge is 0.335 e. The molecular weight excluding hydrogens is 776 g/mol. The van der Waals surface area contributed by atoms with E-state index < -0.39 is 64.6 Å². The number of carbonyl (C=O) groups is 5. The van der Waals surface area contributed by atoms with Crippen LogP contribution in [-0.4, -0.2) is 49.6 Å². The number of rotatable bonds is 5. The summed E-state index contributed by atoms with van der Waals surface area (Å²) in [7, 11) is 1.69. The van der Waals surface area contributed by atoms with Crippen molar-refractivity contribution >= 4 is 84.9 Å². The summed E-state index contributed by atoms with van der Waals surface area (Å²) in [5.41, 5.74) is 1.45. The fourth-order valence-corrected chi connectivity index (χ4v) is 11.6. The number of amides is 4. The summed E-state index contributed by atoms with van der Waals surface area (Å²) in [5.74, 6) is -6.77. The van der Waals surface area contributed by atoms with Crippen LogP contribution in [0.2, 0.25) is 5.02 Å². The zero-order chi connectivity index (χ0) is 40.5. The van der Waals surface area contributed by atoms with Gasteiger partial charge in [-0.05, 0) is 85.3 Å². The Kier molecular flexibility index (Phi) is 7.93. The highest BCUT2D eigenvalue weighted by atomic mass is 35.5. The molecule has 3 fully saturated rings. The number of aromatic hydroxyl groups is 1. The van der Waals surface area contributed by atoms with Crippen molar-refractivity contribution in [3.8, 4) is 16.3 Å². The van der Waals surface area contributed by atoms with Crippen LogP contribution < -0.4 is 9.80 Å². The summed E-state index contributed by atoms with van der Waals surface area (Å²) >= 11 is 7.87. The summed E-state index contributed by atoms with van der Waals surface area (Å²) in [5, 5.41) is 29.5. The van der Waals surface area contributed by atoms with E-state index in [0.717, 1.165) is 36.4 Å². The SMILES string of the molecule is Cc1c(-c2cc(N3C(=O)C4CC5C(=CCC6C(=O)N(c7cccc(C(=O)O)c7)C(=O)C65)C(c5ccc6ccccc6c5O)C4(C)C3=O)n(C)n2)sc2ccc(Cl)cc12. The number of fused-ring (bicyclic) bond motifs is 6. The Morgan fingerprint density at radius 3 is 2.48 bits per heavy atom. The van der Waals surface area contributed by atoms with Crippen molar-refractivity contribution in [2.24, 2.45) is 36.1 Å². The van der Waals surface area contributed by atoms with Gasteiger partial charge in [0.2, 0.25) is 23.6 Å². The number of benzene rings is 4. The summed E-state index contributed by atoms with van der Waals surface area (Å²) in [6.45, 7) is 3.77. The number of hydrogen-bond acceptors (Lipinski definition) is 8. The molecule has 4 aromatic carbocycles. The summed E-state index contributed by atoms with van der Waals surface area (Å²) < 4.78 is 2.56. The van der Waals surface area contributed by atoms with Gasteiger partial charge < -0.3 is 10.2 Å². The minimum Gasteiger partial charge on any atom is -0.507 e. The maximum absolute atomic E-state index is 15.3. The maximum atomic E-state index is 15.3. The van der Waals surface area contributed by atoms with E-state index in [1.807, 2.05) is 55.5 Å². The Balaban J connectivity index is 1.11. The Morgan fingerprint density at radius 1 is 0.897 bits per heavy atom. The predicted octanol–water partition coefficient (Wildman–Crippen LogP) is 8.26. The molecule has 2 aliphatic heterocycles. The van der Waals surface area contributed by atoms with Crippen molar-refractivity contribution in [1.29, 1.82) is 0 Å². The number of hydrogen-bond donors (Lipinski definition) is 2. The molecule has 0 bridgehead atoms. The number of imide groups is 2. The number of carboxylic acid groups (broad SMARTS) is 1. The minimum atomic E-state index is -1.40. The molecule has 2 aliphatic carbocycles. The fourth-order valence-electron chi connectivity index (χ4n) is 10.3. The number of phenolic OH excluding ortho intramolecular Hbond substituents is 1. The van der Waals surface area contributed by atoms with Crippen molar-refractivity contribution in [3.05, 3.63) is 118 Å². The van der Waals surface area contributed by atoms with Crippen molar-refractivity contribution in [2.45, 2.75) is 32.6 Å². The van der Waals surface area contributed by atoms with Gasteiger partial charge in [0.05, 0.1) is 39.3 Å². The molecule has 2 aromatic heterocycles. The average molecular weight is 811 g/mol. The number of allylic oxidation sites excluding steroid dienone is 2. The van der Waals surface area contributed by atoms with Crippen LogP contribution in [0.15, 0.2) is 96.6 Å². The molecule has 10 rings (SSSR count). The summed E-state index contributed by atoms with van der Waals surface area (Å²) in [6.07, 6.45) is 2.23. The van der Waals surface area contributed by atoms with Gasteiger partial charge in [0, 0.05) is 39.7 Å². The lowest BCUT2D eigenvalue weighted by molar-refractivity contribution is -0.131. The molecule has 2 saturated heterocycles. The third-order valence-electron chi connectivity index (χ3n) is 13.1. The van der Waals surface area contributed by atoms with Crippen LogP contribution in [0.1, 0.15) is 47.2 Å². The number of thiophene rings is 1. The minimum absolute atomic E-state index is 0.0189. The van der Waals surface area contributed by atoms with Crippen LogP contribution in [0, 0.1) is 36.0 Å². The monoisotopic (exact) mass is 810 g/mol. The number of carbonyl (C=O) groups excluding carboxylic acids is 4. The van der Waals surface area contributed by atoms with E-state index in [9.17, 15) is 24.6 Å². The lowest BCUT2D eigenvalue weighted by Crippen LogP contribution is -2.49. The number of phenols is 1.